The Hall–Kier alpha value is -4.49. The van der Waals surface area contributed by atoms with E-state index >= 15 is 0 Å². The zero-order chi connectivity index (χ0) is 28.8. The Balaban J connectivity index is 1.05. The number of nitrogens with one attached hydrogen (secondary N) is 1. The third kappa shape index (κ3) is 4.84. The van der Waals surface area contributed by atoms with Gasteiger partial charge in [-0.1, -0.05) is 6.07 Å². The fraction of sp³-hybridized carbons (Fsp3) is 0.414. The van der Waals surface area contributed by atoms with Gasteiger partial charge in [-0.05, 0) is 36.8 Å². The summed E-state index contributed by atoms with van der Waals surface area (Å²) >= 11 is 0. The number of anilines is 2. The number of pyridine rings is 1. The first-order valence-electron chi connectivity index (χ1n) is 14.2. The topological polar surface area (TPSA) is 122 Å². The van der Waals surface area contributed by atoms with Crippen molar-refractivity contribution in [2.45, 2.75) is 18.9 Å². The Labute approximate surface area is 242 Å². The van der Waals surface area contributed by atoms with Crippen molar-refractivity contribution in [3.05, 3.63) is 65.7 Å². The van der Waals surface area contributed by atoms with Crippen LogP contribution in [-0.2, 0) is 9.47 Å². The predicted octanol–water partition coefficient (Wildman–Crippen LogP) is 2.16. The summed E-state index contributed by atoms with van der Waals surface area (Å²) in [6, 6.07) is 10.4. The number of ether oxygens (including phenoxy) is 2. The summed E-state index contributed by atoms with van der Waals surface area (Å²) in [6.45, 7) is 8.58. The lowest BCUT2D eigenvalue weighted by molar-refractivity contribution is -0.0660. The normalized spacial score (nSPS) is 18.1. The summed E-state index contributed by atoms with van der Waals surface area (Å²) in [5, 5.41) is 16.5. The molecule has 7 rings (SSSR count). The number of hydrogen-bond acceptors (Lipinski definition) is 9. The minimum Gasteiger partial charge on any atom is -0.453 e. The van der Waals surface area contributed by atoms with E-state index in [1.165, 1.54) is 7.11 Å². The molecule has 0 unspecified atom stereocenters. The number of carbonyl (C=O) groups excluding carboxylic acids is 2. The second kappa shape index (κ2) is 10.7. The van der Waals surface area contributed by atoms with Crippen LogP contribution in [0.25, 0.3) is 11.2 Å². The van der Waals surface area contributed by atoms with Crippen LogP contribution in [0.5, 0.6) is 0 Å². The molecular weight excluding hydrogens is 538 g/mol. The lowest BCUT2D eigenvalue weighted by Crippen LogP contribution is -2.56. The van der Waals surface area contributed by atoms with Gasteiger partial charge in [0.25, 0.3) is 5.91 Å². The van der Waals surface area contributed by atoms with E-state index in [0.29, 0.717) is 30.4 Å². The first-order valence-corrected chi connectivity index (χ1v) is 14.2. The van der Waals surface area contributed by atoms with Crippen molar-refractivity contribution in [1.29, 1.82) is 0 Å². The van der Waals surface area contributed by atoms with Gasteiger partial charge in [-0.25, -0.2) is 9.31 Å². The zero-order valence-corrected chi connectivity index (χ0v) is 23.6. The average molecular weight is 572 g/mol. The molecule has 3 saturated heterocycles. The summed E-state index contributed by atoms with van der Waals surface area (Å²) in [5.41, 5.74) is 5.46. The van der Waals surface area contributed by atoms with Gasteiger partial charge in [-0.15, -0.1) is 0 Å². The molecule has 218 valence electrons. The van der Waals surface area contributed by atoms with Gasteiger partial charge >= 0.3 is 6.09 Å². The molecule has 0 spiro atoms. The van der Waals surface area contributed by atoms with Crippen molar-refractivity contribution in [1.82, 2.24) is 34.4 Å². The third-order valence-electron chi connectivity index (χ3n) is 8.51. The molecule has 0 radical (unpaired) electrons. The van der Waals surface area contributed by atoms with E-state index in [-0.39, 0.29) is 17.9 Å². The molecule has 1 N–H and O–H groups in total. The van der Waals surface area contributed by atoms with Crippen LogP contribution >= 0.6 is 0 Å². The van der Waals surface area contributed by atoms with Gasteiger partial charge in [0.15, 0.2) is 0 Å². The summed E-state index contributed by atoms with van der Waals surface area (Å²) in [7, 11) is 1.38. The number of aromatic nitrogens is 5. The average Bonchev–Trinajstić information content (AvgIpc) is 3.60. The minimum atomic E-state index is -0.335. The molecule has 0 bridgehead atoms. The largest absolute Gasteiger partial charge is 0.453 e. The van der Waals surface area contributed by atoms with E-state index < -0.39 is 0 Å². The number of likely N-dealkylation sites (tertiary alicyclic amines) is 1. The van der Waals surface area contributed by atoms with Crippen LogP contribution in [-0.4, -0.2) is 112 Å². The van der Waals surface area contributed by atoms with Crippen molar-refractivity contribution in [3.8, 4) is 5.69 Å². The Kier molecular flexibility index (Phi) is 6.75. The van der Waals surface area contributed by atoms with E-state index in [2.05, 4.69) is 36.5 Å². The number of methoxy groups -OCH3 is 1. The van der Waals surface area contributed by atoms with Crippen molar-refractivity contribution < 1.29 is 19.1 Å². The second-order valence-electron chi connectivity index (χ2n) is 11.1. The lowest BCUT2D eigenvalue weighted by Gasteiger charge is -2.43. The molecule has 42 heavy (non-hydrogen) atoms. The van der Waals surface area contributed by atoms with Crippen LogP contribution in [0, 0.1) is 6.92 Å². The standard InChI is InChI=1S/C29H33N9O4/c1-19-3-4-22(38-31-14-26(33-38)20-15-36(16-20)29(40)41-2)11-25(19)32-28(39)24-13-30-37-6-5-21(12-27(24)37)34-7-9-35(10-8-34)23-17-42-18-23/h3-6,11-14,20,23H,7-10,15-18H2,1-2H3,(H,32,39). The number of aryl methyl sites for hydroxylation is 1. The second-order valence-corrected chi connectivity index (χ2v) is 11.1. The fourth-order valence-corrected chi connectivity index (χ4v) is 5.71. The maximum Gasteiger partial charge on any atom is 0.409 e. The Morgan fingerprint density at radius 2 is 1.81 bits per heavy atom. The third-order valence-corrected chi connectivity index (χ3v) is 8.51. The van der Waals surface area contributed by atoms with E-state index in [1.54, 1.807) is 26.6 Å². The molecule has 4 aromatic rings. The number of rotatable bonds is 6. The number of piperazine rings is 1. The maximum atomic E-state index is 13.5. The SMILES string of the molecule is COC(=O)N1CC(c2cnn(-c3ccc(C)c(NC(=O)c4cnn5ccc(N6CCN(C7COC7)CC6)cc45)c3)n2)C1. The molecule has 2 amide bonds. The van der Waals surface area contributed by atoms with Gasteiger partial charge in [0.05, 0.1) is 61.2 Å². The fourth-order valence-electron chi connectivity index (χ4n) is 5.71. The Morgan fingerprint density at radius 1 is 1.00 bits per heavy atom. The summed E-state index contributed by atoms with van der Waals surface area (Å²) < 4.78 is 11.9. The predicted molar refractivity (Wildman–Crippen MR) is 154 cm³/mol. The first kappa shape index (κ1) is 26.4. The summed E-state index contributed by atoms with van der Waals surface area (Å²) in [4.78, 5) is 33.2. The smallest absolute Gasteiger partial charge is 0.409 e. The zero-order valence-electron chi connectivity index (χ0n) is 23.6. The van der Waals surface area contributed by atoms with Gasteiger partial charge < -0.3 is 24.6 Å². The quantitative estimate of drug-likeness (QED) is 0.371. The van der Waals surface area contributed by atoms with E-state index in [0.717, 1.165) is 67.5 Å². The first-order chi connectivity index (χ1) is 20.5. The van der Waals surface area contributed by atoms with Gasteiger partial charge in [0.2, 0.25) is 0 Å². The minimum absolute atomic E-state index is 0.115. The summed E-state index contributed by atoms with van der Waals surface area (Å²) in [6.07, 6.45) is 4.90. The van der Waals surface area contributed by atoms with Crippen LogP contribution in [0.2, 0.25) is 0 Å². The highest BCUT2D eigenvalue weighted by molar-refractivity contribution is 6.09. The van der Waals surface area contributed by atoms with Crippen molar-refractivity contribution in [2.24, 2.45) is 0 Å². The highest BCUT2D eigenvalue weighted by Gasteiger charge is 2.34. The van der Waals surface area contributed by atoms with Gasteiger partial charge in [-0.2, -0.15) is 20.1 Å². The number of hydrogen-bond donors (Lipinski definition) is 1. The molecule has 0 saturated carbocycles. The molecule has 3 aromatic heterocycles. The number of benzene rings is 1. The van der Waals surface area contributed by atoms with Gasteiger partial charge in [0, 0.05) is 62.8 Å². The van der Waals surface area contributed by atoms with Crippen LogP contribution in [0.15, 0.2) is 48.9 Å². The van der Waals surface area contributed by atoms with Gasteiger partial charge in [0.1, 0.15) is 0 Å². The van der Waals surface area contributed by atoms with Crippen molar-refractivity contribution >= 4 is 28.9 Å². The number of carbonyl (C=O) groups is 2. The summed E-state index contributed by atoms with van der Waals surface area (Å²) in [5.74, 6) is -0.118. The number of amides is 2. The van der Waals surface area contributed by atoms with Crippen LogP contribution in [0.1, 0.15) is 27.5 Å². The molecule has 6 heterocycles. The van der Waals surface area contributed by atoms with Crippen LogP contribution in [0.3, 0.4) is 0 Å². The van der Waals surface area contributed by atoms with Crippen LogP contribution < -0.4 is 10.2 Å². The van der Waals surface area contributed by atoms with E-state index in [1.807, 2.05) is 37.4 Å². The van der Waals surface area contributed by atoms with E-state index in [9.17, 15) is 9.59 Å². The Bertz CT molecular complexity index is 1630. The van der Waals surface area contributed by atoms with Crippen molar-refractivity contribution in [2.75, 3.05) is 69.8 Å². The highest BCUT2D eigenvalue weighted by Crippen LogP contribution is 2.27. The molecule has 3 aliphatic rings. The molecule has 3 fully saturated rings. The molecule has 0 atom stereocenters. The van der Waals surface area contributed by atoms with Crippen LogP contribution in [0.4, 0.5) is 16.2 Å². The lowest BCUT2D eigenvalue weighted by atomic mass is 9.98. The molecule has 13 nitrogen and oxygen atoms in total. The monoisotopic (exact) mass is 571 g/mol. The molecule has 13 heteroatoms. The van der Waals surface area contributed by atoms with Crippen molar-refractivity contribution in [3.63, 3.8) is 0 Å². The molecule has 1 aromatic carbocycles. The van der Waals surface area contributed by atoms with Gasteiger partial charge in [-0.3, -0.25) is 9.69 Å². The molecule has 0 aliphatic carbocycles. The number of fused-ring (bicyclic) bond motifs is 1. The number of nitrogens with zero attached hydrogens (tertiary/aromatic N) is 8. The maximum absolute atomic E-state index is 13.5. The highest BCUT2D eigenvalue weighted by atomic mass is 16.5. The molecule has 3 aliphatic heterocycles. The molecular formula is C29H33N9O4. The Morgan fingerprint density at radius 3 is 2.55 bits per heavy atom. The van der Waals surface area contributed by atoms with E-state index in [4.69, 9.17) is 9.47 Å².